The van der Waals surface area contributed by atoms with E-state index in [0.29, 0.717) is 11.7 Å². The molecule has 2 aromatic rings. The lowest BCUT2D eigenvalue weighted by Gasteiger charge is -2.20. The molecule has 1 aromatic heterocycles. The molecule has 0 atom stereocenters. The number of aromatic nitrogens is 3. The number of thioether (sulfide) groups is 1. The number of hydrogen-bond donors (Lipinski definition) is 1. The molecule has 5 nitrogen and oxygen atoms in total. The van der Waals surface area contributed by atoms with Crippen molar-refractivity contribution in [2.75, 3.05) is 11.1 Å². The van der Waals surface area contributed by atoms with Crippen LogP contribution in [0.5, 0.6) is 0 Å². The van der Waals surface area contributed by atoms with Crippen LogP contribution in [0.25, 0.3) is 0 Å². The molecule has 1 aliphatic rings. The van der Waals surface area contributed by atoms with E-state index in [1.807, 2.05) is 39.1 Å². The SMILES string of the molecule is Cc1ccc(C)c(NC(=O)CSc2nnc(C3CCCCC3)n2C)c1. The summed E-state index contributed by atoms with van der Waals surface area (Å²) in [5.41, 5.74) is 3.09. The van der Waals surface area contributed by atoms with Gasteiger partial charge < -0.3 is 9.88 Å². The Bertz CT molecular complexity index is 750. The van der Waals surface area contributed by atoms with Crippen LogP contribution in [0.2, 0.25) is 0 Å². The largest absolute Gasteiger partial charge is 0.325 e. The Balaban J connectivity index is 1.59. The van der Waals surface area contributed by atoms with Crippen molar-refractivity contribution in [3.8, 4) is 0 Å². The molecule has 0 aliphatic heterocycles. The second-order valence-electron chi connectivity index (χ2n) is 6.89. The predicted octanol–water partition coefficient (Wildman–Crippen LogP) is 4.21. The van der Waals surface area contributed by atoms with Crippen LogP contribution in [0.4, 0.5) is 5.69 Å². The maximum atomic E-state index is 12.3. The molecular weight excluding hydrogens is 332 g/mol. The van der Waals surface area contributed by atoms with Gasteiger partial charge in [0, 0.05) is 18.7 Å². The van der Waals surface area contributed by atoms with E-state index in [9.17, 15) is 4.79 Å². The first-order valence-electron chi connectivity index (χ1n) is 8.94. The van der Waals surface area contributed by atoms with Gasteiger partial charge in [0.05, 0.1) is 5.75 Å². The second kappa shape index (κ2) is 8.04. The Morgan fingerprint density at radius 1 is 1.24 bits per heavy atom. The van der Waals surface area contributed by atoms with Crippen LogP contribution in [-0.4, -0.2) is 26.4 Å². The maximum absolute atomic E-state index is 12.3. The fourth-order valence-electron chi connectivity index (χ4n) is 3.36. The first-order valence-corrected chi connectivity index (χ1v) is 9.92. The summed E-state index contributed by atoms with van der Waals surface area (Å²) in [7, 11) is 2.01. The van der Waals surface area contributed by atoms with Crippen LogP contribution in [-0.2, 0) is 11.8 Å². The smallest absolute Gasteiger partial charge is 0.234 e. The molecule has 1 fully saturated rings. The van der Waals surface area contributed by atoms with Crippen molar-refractivity contribution in [3.63, 3.8) is 0 Å². The molecular formula is C19H26N4OS. The van der Waals surface area contributed by atoms with Crippen LogP contribution >= 0.6 is 11.8 Å². The van der Waals surface area contributed by atoms with Gasteiger partial charge in [0.2, 0.25) is 5.91 Å². The number of anilines is 1. The third-order valence-corrected chi connectivity index (χ3v) is 5.86. The number of aryl methyl sites for hydroxylation is 2. The Labute approximate surface area is 153 Å². The van der Waals surface area contributed by atoms with E-state index in [2.05, 4.69) is 20.1 Å². The lowest BCUT2D eigenvalue weighted by Crippen LogP contribution is -2.15. The summed E-state index contributed by atoms with van der Waals surface area (Å²) >= 11 is 1.45. The summed E-state index contributed by atoms with van der Waals surface area (Å²) in [4.78, 5) is 12.3. The number of carbonyl (C=O) groups excluding carboxylic acids is 1. The number of amides is 1. The Morgan fingerprint density at radius 2 is 2.00 bits per heavy atom. The minimum absolute atomic E-state index is 0.0130. The fourth-order valence-corrected chi connectivity index (χ4v) is 4.07. The van der Waals surface area contributed by atoms with Gasteiger partial charge in [0.15, 0.2) is 5.16 Å². The van der Waals surface area contributed by atoms with Gasteiger partial charge in [-0.15, -0.1) is 10.2 Å². The van der Waals surface area contributed by atoms with Crippen LogP contribution in [0, 0.1) is 13.8 Å². The molecule has 0 bridgehead atoms. The molecule has 0 unspecified atom stereocenters. The lowest BCUT2D eigenvalue weighted by molar-refractivity contribution is -0.113. The van der Waals surface area contributed by atoms with Crippen molar-refractivity contribution < 1.29 is 4.79 Å². The van der Waals surface area contributed by atoms with Crippen LogP contribution in [0.15, 0.2) is 23.4 Å². The molecule has 0 radical (unpaired) electrons. The highest BCUT2D eigenvalue weighted by Gasteiger charge is 2.22. The first kappa shape index (κ1) is 18.0. The highest BCUT2D eigenvalue weighted by molar-refractivity contribution is 7.99. The third-order valence-electron chi connectivity index (χ3n) is 4.84. The molecule has 6 heteroatoms. The van der Waals surface area contributed by atoms with Crippen LogP contribution < -0.4 is 5.32 Å². The first-order chi connectivity index (χ1) is 12.0. The van der Waals surface area contributed by atoms with Crippen molar-refractivity contribution in [2.45, 2.75) is 57.0 Å². The Hall–Kier alpha value is -1.82. The van der Waals surface area contributed by atoms with Gasteiger partial charge >= 0.3 is 0 Å². The molecule has 0 saturated heterocycles. The third kappa shape index (κ3) is 4.42. The summed E-state index contributed by atoms with van der Waals surface area (Å²) in [6, 6.07) is 6.07. The quantitative estimate of drug-likeness (QED) is 0.813. The molecule has 25 heavy (non-hydrogen) atoms. The van der Waals surface area contributed by atoms with Gasteiger partial charge in [-0.3, -0.25) is 4.79 Å². The zero-order chi connectivity index (χ0) is 17.8. The average molecular weight is 359 g/mol. The average Bonchev–Trinajstić information content (AvgIpc) is 2.98. The number of carbonyl (C=O) groups is 1. The normalized spacial score (nSPS) is 15.3. The number of hydrogen-bond acceptors (Lipinski definition) is 4. The number of benzene rings is 1. The second-order valence-corrected chi connectivity index (χ2v) is 7.83. The van der Waals surface area contributed by atoms with Crippen molar-refractivity contribution >= 4 is 23.4 Å². The molecule has 134 valence electrons. The zero-order valence-corrected chi connectivity index (χ0v) is 16.0. The molecule has 0 spiro atoms. The monoisotopic (exact) mass is 358 g/mol. The summed E-state index contributed by atoms with van der Waals surface area (Å²) < 4.78 is 2.06. The summed E-state index contributed by atoms with van der Waals surface area (Å²) in [6.07, 6.45) is 6.28. The fraction of sp³-hybridized carbons (Fsp3) is 0.526. The molecule has 1 amide bonds. The molecule has 3 rings (SSSR count). The van der Waals surface area contributed by atoms with Crippen molar-refractivity contribution in [1.82, 2.24) is 14.8 Å². The zero-order valence-electron chi connectivity index (χ0n) is 15.2. The van der Waals surface area contributed by atoms with E-state index in [1.54, 1.807) is 0 Å². The number of rotatable bonds is 5. The van der Waals surface area contributed by atoms with Gasteiger partial charge in [-0.2, -0.15) is 0 Å². The van der Waals surface area contributed by atoms with E-state index in [4.69, 9.17) is 0 Å². The number of nitrogens with zero attached hydrogens (tertiary/aromatic N) is 3. The molecule has 1 saturated carbocycles. The van der Waals surface area contributed by atoms with Gasteiger partial charge in [-0.05, 0) is 43.9 Å². The molecule has 1 N–H and O–H groups in total. The van der Waals surface area contributed by atoms with E-state index < -0.39 is 0 Å². The van der Waals surface area contributed by atoms with Crippen molar-refractivity contribution in [1.29, 1.82) is 0 Å². The standard InChI is InChI=1S/C19H26N4OS/c1-13-9-10-14(2)16(11-13)20-17(24)12-25-19-22-21-18(23(19)3)15-7-5-4-6-8-15/h9-11,15H,4-8,12H2,1-3H3,(H,20,24). The molecule has 1 aliphatic carbocycles. The van der Waals surface area contributed by atoms with Gasteiger partial charge in [0.25, 0.3) is 0 Å². The summed E-state index contributed by atoms with van der Waals surface area (Å²) in [5.74, 6) is 1.91. The summed E-state index contributed by atoms with van der Waals surface area (Å²) in [6.45, 7) is 4.03. The minimum Gasteiger partial charge on any atom is -0.325 e. The van der Waals surface area contributed by atoms with E-state index in [-0.39, 0.29) is 5.91 Å². The maximum Gasteiger partial charge on any atom is 0.234 e. The van der Waals surface area contributed by atoms with E-state index >= 15 is 0 Å². The lowest BCUT2D eigenvalue weighted by atomic mass is 9.89. The predicted molar refractivity (Wildman–Crippen MR) is 102 cm³/mol. The van der Waals surface area contributed by atoms with Crippen LogP contribution in [0.1, 0.15) is 55.0 Å². The number of nitrogens with one attached hydrogen (secondary N) is 1. The topological polar surface area (TPSA) is 59.8 Å². The Morgan fingerprint density at radius 3 is 2.76 bits per heavy atom. The minimum atomic E-state index is -0.0130. The molecule has 1 aromatic carbocycles. The summed E-state index contributed by atoms with van der Waals surface area (Å²) in [5, 5.41) is 12.5. The van der Waals surface area contributed by atoms with Gasteiger partial charge in [0.1, 0.15) is 5.82 Å². The van der Waals surface area contributed by atoms with E-state index in [1.165, 1.54) is 43.9 Å². The van der Waals surface area contributed by atoms with E-state index in [0.717, 1.165) is 27.8 Å². The highest BCUT2D eigenvalue weighted by Crippen LogP contribution is 2.32. The van der Waals surface area contributed by atoms with Crippen molar-refractivity contribution in [2.24, 2.45) is 7.05 Å². The van der Waals surface area contributed by atoms with Gasteiger partial charge in [-0.1, -0.05) is 43.2 Å². The van der Waals surface area contributed by atoms with Crippen molar-refractivity contribution in [3.05, 3.63) is 35.2 Å². The Kier molecular flexibility index (Phi) is 5.78. The van der Waals surface area contributed by atoms with Gasteiger partial charge in [-0.25, -0.2) is 0 Å². The molecule has 1 heterocycles. The highest BCUT2D eigenvalue weighted by atomic mass is 32.2. The van der Waals surface area contributed by atoms with Crippen LogP contribution in [0.3, 0.4) is 0 Å².